The highest BCUT2D eigenvalue weighted by Crippen LogP contribution is 2.23. The molecular weight excluding hydrogens is 390 g/mol. The zero-order chi connectivity index (χ0) is 21.7. The van der Waals surface area contributed by atoms with Crippen LogP contribution >= 0.6 is 0 Å². The van der Waals surface area contributed by atoms with Crippen LogP contribution in [-0.2, 0) is 33.8 Å². The molecule has 3 aromatic rings. The maximum absolute atomic E-state index is 13.6. The minimum Gasteiger partial charge on any atom is -0.469 e. The lowest BCUT2D eigenvalue weighted by Gasteiger charge is -2.22. The van der Waals surface area contributed by atoms with Gasteiger partial charge in [0.05, 0.1) is 20.0 Å². The number of fused-ring (bicyclic) bond motifs is 1. The number of aromatic nitrogens is 1. The Morgan fingerprint density at radius 2 is 1.87 bits per heavy atom. The maximum atomic E-state index is 13.6. The molecule has 1 heterocycles. The van der Waals surface area contributed by atoms with Crippen LogP contribution < -0.4 is 0 Å². The SMILES string of the molecule is CCn1cc(CC(=O)N(CCC(=O)OC)Cc2ccc(F)c(F)c2)c2ccccc21. The Morgan fingerprint density at radius 3 is 2.57 bits per heavy atom. The number of halogens is 2. The van der Waals surface area contributed by atoms with Crippen molar-refractivity contribution >= 4 is 22.8 Å². The lowest BCUT2D eigenvalue weighted by molar-refractivity contribution is -0.141. The van der Waals surface area contributed by atoms with Gasteiger partial charge in [-0.15, -0.1) is 0 Å². The second kappa shape index (κ2) is 9.52. The number of aryl methyl sites for hydroxylation is 1. The van der Waals surface area contributed by atoms with Crippen molar-refractivity contribution in [1.29, 1.82) is 0 Å². The van der Waals surface area contributed by atoms with Crippen molar-refractivity contribution in [1.82, 2.24) is 9.47 Å². The van der Waals surface area contributed by atoms with Gasteiger partial charge in [0.2, 0.25) is 5.91 Å². The molecule has 5 nitrogen and oxygen atoms in total. The summed E-state index contributed by atoms with van der Waals surface area (Å²) in [6, 6.07) is 11.4. The van der Waals surface area contributed by atoms with Crippen LogP contribution in [0.2, 0.25) is 0 Å². The summed E-state index contributed by atoms with van der Waals surface area (Å²) in [5.74, 6) is -2.57. The summed E-state index contributed by atoms with van der Waals surface area (Å²) in [6.45, 7) is 3.00. The van der Waals surface area contributed by atoms with Crippen LogP contribution in [0.1, 0.15) is 24.5 Å². The predicted octanol–water partition coefficient (Wildman–Crippen LogP) is 4.07. The number of methoxy groups -OCH3 is 1. The number of para-hydroxylation sites is 1. The normalized spacial score (nSPS) is 10.9. The first kappa shape index (κ1) is 21.5. The Kier molecular flexibility index (Phi) is 6.82. The smallest absolute Gasteiger partial charge is 0.307 e. The molecule has 0 aliphatic rings. The fraction of sp³-hybridized carbons (Fsp3) is 0.304. The summed E-state index contributed by atoms with van der Waals surface area (Å²) in [5, 5.41) is 0.994. The van der Waals surface area contributed by atoms with Crippen LogP contribution in [-0.4, -0.2) is 35.0 Å². The number of ether oxygens (including phenoxy) is 1. The molecule has 0 saturated carbocycles. The van der Waals surface area contributed by atoms with Crippen molar-refractivity contribution in [2.75, 3.05) is 13.7 Å². The van der Waals surface area contributed by atoms with Crippen molar-refractivity contribution in [3.05, 3.63) is 71.4 Å². The van der Waals surface area contributed by atoms with Crippen molar-refractivity contribution < 1.29 is 23.1 Å². The molecule has 0 N–H and O–H groups in total. The van der Waals surface area contributed by atoms with E-state index >= 15 is 0 Å². The van der Waals surface area contributed by atoms with Crippen LogP contribution in [0.4, 0.5) is 8.78 Å². The summed E-state index contributed by atoms with van der Waals surface area (Å²) >= 11 is 0. The van der Waals surface area contributed by atoms with Gasteiger partial charge in [-0.2, -0.15) is 0 Å². The molecule has 3 rings (SSSR count). The Labute approximate surface area is 173 Å². The fourth-order valence-electron chi connectivity index (χ4n) is 3.48. The molecule has 1 amide bonds. The first-order valence-corrected chi connectivity index (χ1v) is 9.78. The van der Waals surface area contributed by atoms with Crippen molar-refractivity contribution in [3.8, 4) is 0 Å². The Balaban J connectivity index is 1.84. The van der Waals surface area contributed by atoms with Gasteiger partial charge in [0, 0.05) is 36.7 Å². The number of esters is 1. The molecule has 0 saturated heterocycles. The van der Waals surface area contributed by atoms with Crippen LogP contribution in [0.15, 0.2) is 48.7 Å². The lowest BCUT2D eigenvalue weighted by Crippen LogP contribution is -2.34. The van der Waals surface area contributed by atoms with Gasteiger partial charge < -0.3 is 14.2 Å². The van der Waals surface area contributed by atoms with Gasteiger partial charge in [-0.25, -0.2) is 8.78 Å². The van der Waals surface area contributed by atoms with E-state index in [2.05, 4.69) is 9.30 Å². The molecule has 0 spiro atoms. The number of nitrogens with zero attached hydrogens (tertiary/aromatic N) is 2. The summed E-state index contributed by atoms with van der Waals surface area (Å²) in [5.41, 5.74) is 2.37. The highest BCUT2D eigenvalue weighted by molar-refractivity contribution is 5.89. The molecule has 7 heteroatoms. The fourth-order valence-corrected chi connectivity index (χ4v) is 3.48. The van der Waals surface area contributed by atoms with E-state index in [4.69, 9.17) is 0 Å². The van der Waals surface area contributed by atoms with E-state index < -0.39 is 17.6 Å². The first-order chi connectivity index (χ1) is 14.4. The van der Waals surface area contributed by atoms with Crippen LogP contribution in [0, 0.1) is 11.6 Å². The molecule has 30 heavy (non-hydrogen) atoms. The van der Waals surface area contributed by atoms with Gasteiger partial charge in [0.1, 0.15) is 0 Å². The number of hydrogen-bond acceptors (Lipinski definition) is 3. The summed E-state index contributed by atoms with van der Waals surface area (Å²) in [7, 11) is 1.28. The topological polar surface area (TPSA) is 51.5 Å². The van der Waals surface area contributed by atoms with Gasteiger partial charge >= 0.3 is 5.97 Å². The third-order valence-electron chi connectivity index (χ3n) is 5.08. The van der Waals surface area contributed by atoms with E-state index in [1.807, 2.05) is 37.4 Å². The Morgan fingerprint density at radius 1 is 1.10 bits per heavy atom. The average Bonchev–Trinajstić information content (AvgIpc) is 3.10. The number of rotatable bonds is 8. The third-order valence-corrected chi connectivity index (χ3v) is 5.08. The van der Waals surface area contributed by atoms with E-state index in [0.717, 1.165) is 35.1 Å². The van der Waals surface area contributed by atoms with Gasteiger partial charge in [-0.1, -0.05) is 24.3 Å². The number of amides is 1. The Hall–Kier alpha value is -3.22. The minimum absolute atomic E-state index is 0.0165. The minimum atomic E-state index is -0.973. The second-order valence-corrected chi connectivity index (χ2v) is 7.02. The van der Waals surface area contributed by atoms with E-state index in [-0.39, 0.29) is 31.8 Å². The van der Waals surface area contributed by atoms with Crippen molar-refractivity contribution in [2.45, 2.75) is 32.9 Å². The maximum Gasteiger partial charge on any atom is 0.307 e. The third kappa shape index (κ3) is 4.84. The van der Waals surface area contributed by atoms with Crippen molar-refractivity contribution in [3.63, 3.8) is 0 Å². The highest BCUT2D eigenvalue weighted by atomic mass is 19.2. The highest BCUT2D eigenvalue weighted by Gasteiger charge is 2.19. The molecule has 0 fully saturated rings. The monoisotopic (exact) mass is 414 g/mol. The zero-order valence-electron chi connectivity index (χ0n) is 17.0. The average molecular weight is 414 g/mol. The summed E-state index contributed by atoms with van der Waals surface area (Å²) in [4.78, 5) is 26.2. The first-order valence-electron chi connectivity index (χ1n) is 9.78. The summed E-state index contributed by atoms with van der Waals surface area (Å²) < 4.78 is 33.6. The second-order valence-electron chi connectivity index (χ2n) is 7.02. The molecule has 0 atom stereocenters. The van der Waals surface area contributed by atoms with Crippen LogP contribution in [0.5, 0.6) is 0 Å². The summed E-state index contributed by atoms with van der Waals surface area (Å²) in [6.07, 6.45) is 2.11. The molecule has 0 aliphatic carbocycles. The van der Waals surface area contributed by atoms with E-state index in [9.17, 15) is 18.4 Å². The van der Waals surface area contributed by atoms with Crippen molar-refractivity contribution in [2.24, 2.45) is 0 Å². The van der Waals surface area contributed by atoms with Gasteiger partial charge in [-0.3, -0.25) is 9.59 Å². The van der Waals surface area contributed by atoms with Gasteiger partial charge in [0.25, 0.3) is 0 Å². The van der Waals surface area contributed by atoms with E-state index in [1.54, 1.807) is 0 Å². The number of hydrogen-bond donors (Lipinski definition) is 0. The molecule has 158 valence electrons. The quantitative estimate of drug-likeness (QED) is 0.522. The van der Waals surface area contributed by atoms with Crippen LogP contribution in [0.3, 0.4) is 0 Å². The number of carbonyl (C=O) groups is 2. The molecule has 0 unspecified atom stereocenters. The van der Waals surface area contributed by atoms with Gasteiger partial charge in [0.15, 0.2) is 11.6 Å². The van der Waals surface area contributed by atoms with Crippen LogP contribution in [0.25, 0.3) is 10.9 Å². The number of benzene rings is 2. The molecule has 2 aromatic carbocycles. The Bertz CT molecular complexity index is 1060. The molecule has 0 bridgehead atoms. The molecule has 0 radical (unpaired) electrons. The molecule has 1 aromatic heterocycles. The predicted molar refractivity (Wildman–Crippen MR) is 110 cm³/mol. The lowest BCUT2D eigenvalue weighted by atomic mass is 10.1. The molecule has 0 aliphatic heterocycles. The number of carbonyl (C=O) groups excluding carboxylic acids is 2. The van der Waals surface area contributed by atoms with E-state index in [1.165, 1.54) is 18.1 Å². The van der Waals surface area contributed by atoms with Gasteiger partial charge in [-0.05, 0) is 36.2 Å². The largest absolute Gasteiger partial charge is 0.469 e. The standard InChI is InChI=1S/C23H24F2N2O3/c1-3-26-15-17(18-6-4-5-7-21(18)26)13-22(28)27(11-10-23(29)30-2)14-16-8-9-19(24)20(25)12-16/h4-9,12,15H,3,10-11,13-14H2,1-2H3. The van der Waals surface area contributed by atoms with E-state index in [0.29, 0.717) is 5.56 Å². The molecular formula is C23H24F2N2O3. The zero-order valence-corrected chi connectivity index (χ0v) is 17.0.